The first-order chi connectivity index (χ1) is 32.6. The Balaban J connectivity index is 0.00000782. The van der Waals surface area contributed by atoms with Crippen molar-refractivity contribution in [3.8, 4) is 11.4 Å². The number of anilines is 2. The van der Waals surface area contributed by atoms with Gasteiger partial charge in [0, 0.05) is 68.4 Å². The van der Waals surface area contributed by atoms with E-state index in [2.05, 4.69) is 29.2 Å². The van der Waals surface area contributed by atoms with Crippen LogP contribution in [0.25, 0.3) is 5.69 Å². The van der Waals surface area contributed by atoms with Gasteiger partial charge < -0.3 is 38.0 Å². The molecule has 5 aromatic rings. The molecule has 7 rings (SSSR count). The molecular weight excluding hydrogens is 938 g/mol. The molecule has 2 aliphatic rings. The quantitative estimate of drug-likeness (QED) is 0.0257. The standard InChI is InChI=1S/C45H54F2N8O12S.Na/c1-4-41(31(2)65-44(58)67-32(3)66-42(56)7-5-6-22-64-68(59,60)61)55-43(57)54(30-50-55)37-11-9-35(10-12-37)51-18-20-52(21-19-51)36-13-15-38(16-14-36)62-25-33-24-45(63-26-33,27-53-29-48-28-49-53)39-17-8-34(46)23-40(39)47;/h8-17,23,28-33,41H,4-7,18-22,24-27H2,1-3H3,(H,59,60,61);/q;+1/p-1/t31?,32?,33-,41+,45+;/m1./s1. The maximum Gasteiger partial charge on any atom is 1.00 e. The number of aromatic nitrogens is 6. The van der Waals surface area contributed by atoms with Gasteiger partial charge in [-0.3, -0.25) is 8.98 Å². The van der Waals surface area contributed by atoms with Gasteiger partial charge in [0.05, 0.1) is 38.1 Å². The number of benzene rings is 3. The SMILES string of the molecule is CC[C@@H](C(C)OC(=O)OC(C)OC(=O)CCCCOS(=O)(=O)[O-])n1ncn(-c2ccc(N3CCN(c4ccc(OC[C@@H]5CO[C@@](Cn6cncn6)(c6ccc(F)cc6F)C5)cc4)CC3)cc2)c1=O.[Na+]. The molecule has 0 N–H and O–H groups in total. The second-order valence-corrected chi connectivity index (χ2v) is 17.6. The molecule has 24 heteroatoms. The third-order valence-corrected chi connectivity index (χ3v) is 12.2. The number of rotatable bonds is 21. The van der Waals surface area contributed by atoms with Crippen molar-refractivity contribution in [3.63, 3.8) is 0 Å². The molecular formula is C45H53F2N8NaO12S. The summed E-state index contributed by atoms with van der Waals surface area (Å²) in [4.78, 5) is 46.7. The van der Waals surface area contributed by atoms with Crippen LogP contribution in [0.2, 0.25) is 0 Å². The zero-order valence-electron chi connectivity index (χ0n) is 38.7. The fourth-order valence-electron chi connectivity index (χ4n) is 8.42. The van der Waals surface area contributed by atoms with E-state index < -0.39 is 63.9 Å². The molecule has 4 heterocycles. The molecule has 5 atom stereocenters. The van der Waals surface area contributed by atoms with Crippen molar-refractivity contribution >= 4 is 33.9 Å². The van der Waals surface area contributed by atoms with Crippen molar-refractivity contribution < 1.29 is 88.8 Å². The first-order valence-corrected chi connectivity index (χ1v) is 23.5. The van der Waals surface area contributed by atoms with Crippen molar-refractivity contribution in [2.24, 2.45) is 5.92 Å². The Morgan fingerprint density at radius 1 is 0.899 bits per heavy atom. The van der Waals surface area contributed by atoms with Gasteiger partial charge in [0.25, 0.3) is 0 Å². The van der Waals surface area contributed by atoms with E-state index in [1.165, 1.54) is 47.3 Å². The van der Waals surface area contributed by atoms with Gasteiger partial charge in [0.2, 0.25) is 16.7 Å². The van der Waals surface area contributed by atoms with Crippen molar-refractivity contribution in [3.05, 3.63) is 113 Å². The molecule has 3 aromatic carbocycles. The summed E-state index contributed by atoms with van der Waals surface area (Å²) >= 11 is 0. The van der Waals surface area contributed by atoms with E-state index in [4.69, 9.17) is 23.7 Å². The summed E-state index contributed by atoms with van der Waals surface area (Å²) in [5, 5.41) is 8.49. The predicted molar refractivity (Wildman–Crippen MR) is 238 cm³/mol. The van der Waals surface area contributed by atoms with Crippen molar-refractivity contribution in [1.29, 1.82) is 0 Å². The van der Waals surface area contributed by atoms with Crippen LogP contribution in [0.15, 0.2) is 90.5 Å². The van der Waals surface area contributed by atoms with Gasteiger partial charge in [0.1, 0.15) is 48.1 Å². The maximum absolute atomic E-state index is 15.0. The van der Waals surface area contributed by atoms with E-state index >= 15 is 4.39 Å². The summed E-state index contributed by atoms with van der Waals surface area (Å²) in [6.07, 6.45) is 2.04. The van der Waals surface area contributed by atoms with Crippen molar-refractivity contribution in [1.82, 2.24) is 29.1 Å². The van der Waals surface area contributed by atoms with E-state index in [9.17, 15) is 31.7 Å². The van der Waals surface area contributed by atoms with Gasteiger partial charge >= 0.3 is 47.4 Å². The average molecular weight is 991 g/mol. The Bertz CT molecular complexity index is 2640. The molecule has 0 saturated carbocycles. The van der Waals surface area contributed by atoms with Gasteiger partial charge in [-0.2, -0.15) is 10.2 Å². The molecule has 2 aliphatic heterocycles. The Hall–Kier alpha value is -5.43. The molecule has 0 aliphatic carbocycles. The molecule has 69 heavy (non-hydrogen) atoms. The summed E-state index contributed by atoms with van der Waals surface area (Å²) in [5.74, 6) is -1.42. The second-order valence-electron chi connectivity index (χ2n) is 16.5. The van der Waals surface area contributed by atoms with Crippen LogP contribution in [0, 0.1) is 17.6 Å². The average Bonchev–Trinajstić information content (AvgIpc) is 4.07. The fourth-order valence-corrected chi connectivity index (χ4v) is 8.74. The van der Waals surface area contributed by atoms with Gasteiger partial charge in [-0.25, -0.2) is 45.7 Å². The van der Waals surface area contributed by atoms with Gasteiger partial charge in [-0.05, 0) is 87.2 Å². The summed E-state index contributed by atoms with van der Waals surface area (Å²) in [5.41, 5.74) is 1.42. The number of halogens is 2. The molecule has 2 fully saturated rings. The number of piperazine rings is 1. The number of unbranched alkanes of at least 4 members (excludes halogenated alkanes) is 1. The summed E-state index contributed by atoms with van der Waals surface area (Å²) in [6, 6.07) is 18.4. The van der Waals surface area contributed by atoms with Crippen LogP contribution in [0.1, 0.15) is 64.5 Å². The van der Waals surface area contributed by atoms with E-state index in [0.717, 1.165) is 43.6 Å². The Morgan fingerprint density at radius 2 is 1.57 bits per heavy atom. The number of carbonyl (C=O) groups excluding carboxylic acids is 2. The first kappa shape index (κ1) is 52.9. The molecule has 366 valence electrons. The molecule has 2 aromatic heterocycles. The zero-order chi connectivity index (χ0) is 48.4. The summed E-state index contributed by atoms with van der Waals surface area (Å²) in [6.45, 7) is 8.31. The largest absolute Gasteiger partial charge is 1.00 e. The maximum atomic E-state index is 15.0. The van der Waals surface area contributed by atoms with Gasteiger partial charge in [0.15, 0.2) is 0 Å². The third-order valence-electron chi connectivity index (χ3n) is 11.8. The van der Waals surface area contributed by atoms with Gasteiger partial charge in [-0.15, -0.1) is 0 Å². The van der Waals surface area contributed by atoms with Crippen LogP contribution in [-0.4, -0.2) is 113 Å². The van der Waals surface area contributed by atoms with Crippen molar-refractivity contribution in [2.75, 3.05) is 55.8 Å². The third kappa shape index (κ3) is 14.1. The smallest absolute Gasteiger partial charge is 0.726 e. The Labute approximate surface area is 419 Å². The number of hydrogen-bond acceptors (Lipinski definition) is 17. The molecule has 0 bridgehead atoms. The Kier molecular flexibility index (Phi) is 18.4. The molecule has 2 saturated heterocycles. The van der Waals surface area contributed by atoms with Crippen LogP contribution >= 0.6 is 0 Å². The van der Waals surface area contributed by atoms with E-state index in [1.807, 2.05) is 55.5 Å². The molecule has 20 nitrogen and oxygen atoms in total. The molecule has 0 amide bonds. The minimum Gasteiger partial charge on any atom is -0.726 e. The van der Waals surface area contributed by atoms with E-state index in [1.54, 1.807) is 11.6 Å². The normalized spacial score (nSPS) is 18.5. The van der Waals surface area contributed by atoms with Crippen LogP contribution in [-0.2, 0) is 50.5 Å². The minimum atomic E-state index is -4.81. The van der Waals surface area contributed by atoms with Crippen molar-refractivity contribution in [2.45, 2.75) is 83.5 Å². The summed E-state index contributed by atoms with van der Waals surface area (Å²) < 4.78 is 96.5. The number of ether oxygens (including phenoxy) is 5. The first-order valence-electron chi connectivity index (χ1n) is 22.2. The van der Waals surface area contributed by atoms with E-state index in [-0.39, 0.29) is 73.5 Å². The number of nitrogens with zero attached hydrogens (tertiary/aromatic N) is 8. The Morgan fingerprint density at radius 3 is 2.19 bits per heavy atom. The number of carbonyl (C=O) groups is 2. The number of esters is 1. The van der Waals surface area contributed by atoms with Crippen LogP contribution in [0.3, 0.4) is 0 Å². The summed E-state index contributed by atoms with van der Waals surface area (Å²) in [7, 11) is -4.81. The zero-order valence-corrected chi connectivity index (χ0v) is 41.5. The predicted octanol–water partition coefficient (Wildman–Crippen LogP) is 2.27. The fraction of sp³-hybridized carbons (Fsp3) is 0.467. The topological polar surface area (TPSA) is 224 Å². The van der Waals surface area contributed by atoms with Gasteiger partial charge in [-0.1, -0.05) is 13.0 Å². The molecule has 0 spiro atoms. The van der Waals surface area contributed by atoms with E-state index in [0.29, 0.717) is 37.5 Å². The molecule has 2 unspecified atom stereocenters. The molecule has 0 radical (unpaired) electrons. The monoisotopic (exact) mass is 990 g/mol. The number of hydrogen-bond donors (Lipinski definition) is 0. The second kappa shape index (κ2) is 23.9. The van der Waals surface area contributed by atoms with Crippen LogP contribution < -0.4 is 49.8 Å². The van der Waals surface area contributed by atoms with Crippen LogP contribution in [0.4, 0.5) is 25.0 Å². The van der Waals surface area contributed by atoms with Crippen LogP contribution in [0.5, 0.6) is 5.75 Å². The minimum absolute atomic E-state index is 0.